The van der Waals surface area contributed by atoms with Crippen molar-refractivity contribution in [3.05, 3.63) is 28.7 Å². The van der Waals surface area contributed by atoms with Crippen molar-refractivity contribution in [2.75, 3.05) is 5.32 Å². The van der Waals surface area contributed by atoms with E-state index in [9.17, 15) is 4.79 Å². The van der Waals surface area contributed by atoms with Gasteiger partial charge in [0.25, 0.3) is 0 Å². The van der Waals surface area contributed by atoms with Crippen LogP contribution < -0.4 is 10.6 Å². The maximum absolute atomic E-state index is 11.4. The number of hydrogen-bond donors (Lipinski definition) is 2. The maximum atomic E-state index is 11.4. The third kappa shape index (κ3) is 4.28. The lowest BCUT2D eigenvalue weighted by Crippen LogP contribution is -2.36. The fraction of sp³-hybridized carbons (Fsp3) is 0.273. The van der Waals surface area contributed by atoms with Crippen molar-refractivity contribution < 1.29 is 4.79 Å². The molecule has 1 aromatic carbocycles. The second-order valence-electron chi connectivity index (χ2n) is 3.60. The highest BCUT2D eigenvalue weighted by molar-refractivity contribution is 9.10. The predicted octanol–water partition coefficient (Wildman–Crippen LogP) is 2.92. The fourth-order valence-electron chi connectivity index (χ4n) is 0.952. The molecule has 16 heavy (non-hydrogen) atoms. The molecule has 2 N–H and O–H groups in total. The monoisotopic (exact) mass is 300 g/mol. The van der Waals surface area contributed by atoms with E-state index in [0.717, 1.165) is 10.2 Å². The van der Waals surface area contributed by atoms with Crippen LogP contribution in [0, 0.1) is 5.92 Å². The van der Waals surface area contributed by atoms with Crippen molar-refractivity contribution in [2.45, 2.75) is 13.8 Å². The predicted molar refractivity (Wildman–Crippen MR) is 73.3 cm³/mol. The minimum Gasteiger partial charge on any atom is -0.332 e. The summed E-state index contributed by atoms with van der Waals surface area (Å²) in [5.41, 5.74) is 0.845. The summed E-state index contributed by atoms with van der Waals surface area (Å²) in [7, 11) is 0. The van der Waals surface area contributed by atoms with Gasteiger partial charge in [-0.3, -0.25) is 4.79 Å². The topological polar surface area (TPSA) is 41.1 Å². The Labute approximate surface area is 109 Å². The zero-order valence-electron chi connectivity index (χ0n) is 9.08. The number of thiocarbonyl (C=S) groups is 1. The van der Waals surface area contributed by atoms with E-state index in [2.05, 4.69) is 26.6 Å². The van der Waals surface area contributed by atoms with Crippen LogP contribution in [0.4, 0.5) is 5.69 Å². The first-order valence-corrected chi connectivity index (χ1v) is 6.06. The number of anilines is 1. The molecule has 0 aromatic heterocycles. The highest BCUT2D eigenvalue weighted by Crippen LogP contribution is 2.13. The van der Waals surface area contributed by atoms with Gasteiger partial charge in [-0.1, -0.05) is 29.8 Å². The van der Waals surface area contributed by atoms with E-state index in [4.69, 9.17) is 12.2 Å². The molecule has 0 aliphatic rings. The SMILES string of the molecule is CC(C)C(=O)NC(=S)Nc1ccc(Br)cc1. The molecule has 3 nitrogen and oxygen atoms in total. The Balaban J connectivity index is 2.52. The molecular weight excluding hydrogens is 288 g/mol. The smallest absolute Gasteiger partial charge is 0.228 e. The zero-order chi connectivity index (χ0) is 12.1. The van der Waals surface area contributed by atoms with Gasteiger partial charge in [-0.15, -0.1) is 0 Å². The van der Waals surface area contributed by atoms with Gasteiger partial charge in [0.1, 0.15) is 0 Å². The summed E-state index contributed by atoms with van der Waals surface area (Å²) in [6.45, 7) is 3.63. The molecule has 0 aliphatic heterocycles. The average molecular weight is 301 g/mol. The second kappa shape index (κ2) is 5.96. The Morgan fingerprint density at radius 2 is 1.88 bits per heavy atom. The van der Waals surface area contributed by atoms with Gasteiger partial charge in [0.2, 0.25) is 5.91 Å². The Morgan fingerprint density at radius 3 is 2.38 bits per heavy atom. The molecule has 0 unspecified atom stereocenters. The van der Waals surface area contributed by atoms with Gasteiger partial charge in [-0.2, -0.15) is 0 Å². The first-order chi connectivity index (χ1) is 7.49. The minimum atomic E-state index is -0.0883. The number of carbonyl (C=O) groups is 1. The van der Waals surface area contributed by atoms with Gasteiger partial charge in [0.05, 0.1) is 0 Å². The number of halogens is 1. The zero-order valence-corrected chi connectivity index (χ0v) is 11.5. The lowest BCUT2D eigenvalue weighted by molar-refractivity contribution is -0.122. The number of rotatable bonds is 2. The van der Waals surface area contributed by atoms with Crippen molar-refractivity contribution in [2.24, 2.45) is 5.92 Å². The molecule has 0 fully saturated rings. The van der Waals surface area contributed by atoms with E-state index in [1.807, 2.05) is 38.1 Å². The highest BCUT2D eigenvalue weighted by atomic mass is 79.9. The molecule has 0 bridgehead atoms. The summed E-state index contributed by atoms with van der Waals surface area (Å²) >= 11 is 8.35. The van der Waals surface area contributed by atoms with Gasteiger partial charge in [0, 0.05) is 16.1 Å². The Kier molecular flexibility index (Phi) is 4.89. The maximum Gasteiger partial charge on any atom is 0.228 e. The first kappa shape index (κ1) is 13.1. The molecule has 0 atom stereocenters. The minimum absolute atomic E-state index is 0.0790. The molecule has 0 aliphatic carbocycles. The van der Waals surface area contributed by atoms with Crippen molar-refractivity contribution in [3.8, 4) is 0 Å². The molecule has 0 saturated heterocycles. The summed E-state index contributed by atoms with van der Waals surface area (Å²) in [6.07, 6.45) is 0. The Bertz CT molecular complexity index is 389. The average Bonchev–Trinajstić information content (AvgIpc) is 2.21. The normalized spacial score (nSPS) is 10.0. The van der Waals surface area contributed by atoms with E-state index in [1.165, 1.54) is 0 Å². The largest absolute Gasteiger partial charge is 0.332 e. The molecule has 0 heterocycles. The third-order valence-electron chi connectivity index (χ3n) is 1.86. The summed E-state index contributed by atoms with van der Waals surface area (Å²) in [5.74, 6) is -0.167. The van der Waals surface area contributed by atoms with E-state index in [1.54, 1.807) is 0 Å². The molecule has 5 heteroatoms. The van der Waals surface area contributed by atoms with Crippen LogP contribution in [0.2, 0.25) is 0 Å². The summed E-state index contributed by atoms with van der Waals surface area (Å²) in [4.78, 5) is 11.4. The number of amides is 1. The van der Waals surface area contributed by atoms with Gasteiger partial charge < -0.3 is 10.6 Å². The highest BCUT2D eigenvalue weighted by Gasteiger charge is 2.08. The third-order valence-corrected chi connectivity index (χ3v) is 2.60. The van der Waals surface area contributed by atoms with Crippen molar-refractivity contribution in [1.29, 1.82) is 0 Å². The van der Waals surface area contributed by atoms with Crippen LogP contribution >= 0.6 is 28.1 Å². The quantitative estimate of drug-likeness (QED) is 0.825. The number of nitrogens with one attached hydrogen (secondary N) is 2. The standard InChI is InChI=1S/C11H13BrN2OS/c1-7(2)10(15)14-11(16)13-9-5-3-8(12)4-6-9/h3-7H,1-2H3,(H2,13,14,15,16). The molecule has 0 saturated carbocycles. The van der Waals surface area contributed by atoms with Gasteiger partial charge in [-0.25, -0.2) is 0 Å². The van der Waals surface area contributed by atoms with E-state index in [0.29, 0.717) is 5.11 Å². The molecule has 86 valence electrons. The van der Waals surface area contributed by atoms with Gasteiger partial charge >= 0.3 is 0 Å². The van der Waals surface area contributed by atoms with Crippen LogP contribution in [-0.4, -0.2) is 11.0 Å². The summed E-state index contributed by atoms with van der Waals surface area (Å²) in [6, 6.07) is 7.54. The van der Waals surface area contributed by atoms with E-state index < -0.39 is 0 Å². The van der Waals surface area contributed by atoms with E-state index >= 15 is 0 Å². The molecule has 1 rings (SSSR count). The molecule has 0 spiro atoms. The molecule has 0 radical (unpaired) electrons. The Morgan fingerprint density at radius 1 is 1.31 bits per heavy atom. The van der Waals surface area contributed by atoms with Crippen molar-refractivity contribution in [1.82, 2.24) is 5.32 Å². The van der Waals surface area contributed by atoms with Crippen LogP contribution in [0.15, 0.2) is 28.7 Å². The van der Waals surface area contributed by atoms with Crippen LogP contribution in [0.1, 0.15) is 13.8 Å². The molecule has 1 amide bonds. The van der Waals surface area contributed by atoms with Gasteiger partial charge in [0.15, 0.2) is 5.11 Å². The Hall–Kier alpha value is -0.940. The van der Waals surface area contributed by atoms with Crippen LogP contribution in [-0.2, 0) is 4.79 Å². The number of hydrogen-bond acceptors (Lipinski definition) is 2. The van der Waals surface area contributed by atoms with Gasteiger partial charge in [-0.05, 0) is 36.5 Å². The lowest BCUT2D eigenvalue weighted by atomic mass is 10.2. The van der Waals surface area contributed by atoms with Crippen molar-refractivity contribution >= 4 is 44.9 Å². The number of benzene rings is 1. The van der Waals surface area contributed by atoms with Crippen LogP contribution in [0.25, 0.3) is 0 Å². The van der Waals surface area contributed by atoms with Crippen LogP contribution in [0.5, 0.6) is 0 Å². The lowest BCUT2D eigenvalue weighted by Gasteiger charge is -2.10. The number of carbonyl (C=O) groups excluding carboxylic acids is 1. The molecular formula is C11H13BrN2OS. The van der Waals surface area contributed by atoms with E-state index in [-0.39, 0.29) is 11.8 Å². The first-order valence-electron chi connectivity index (χ1n) is 4.86. The molecule has 1 aromatic rings. The fourth-order valence-corrected chi connectivity index (χ4v) is 1.43. The summed E-state index contributed by atoms with van der Waals surface area (Å²) < 4.78 is 0.996. The second-order valence-corrected chi connectivity index (χ2v) is 4.93. The van der Waals surface area contributed by atoms with Crippen molar-refractivity contribution in [3.63, 3.8) is 0 Å². The summed E-state index contributed by atoms with van der Waals surface area (Å²) in [5, 5.41) is 5.87. The van der Waals surface area contributed by atoms with Crippen LogP contribution in [0.3, 0.4) is 0 Å².